The number of rotatable bonds is 6. The van der Waals surface area contributed by atoms with Gasteiger partial charge in [-0.05, 0) is 17.7 Å². The number of halogens is 1. The Morgan fingerprint density at radius 1 is 1.20 bits per heavy atom. The van der Waals surface area contributed by atoms with Gasteiger partial charge in [0.1, 0.15) is 5.76 Å². The van der Waals surface area contributed by atoms with Crippen LogP contribution in [0.25, 0.3) is 11.2 Å². The van der Waals surface area contributed by atoms with Gasteiger partial charge < -0.3 is 8.98 Å². The van der Waals surface area contributed by atoms with Crippen molar-refractivity contribution in [1.82, 2.24) is 23.7 Å². The zero-order valence-corrected chi connectivity index (χ0v) is 19.2. The molecule has 0 saturated heterocycles. The Hall–Kier alpha value is -2.59. The van der Waals surface area contributed by atoms with Crippen molar-refractivity contribution in [3.63, 3.8) is 0 Å². The van der Waals surface area contributed by atoms with Crippen LogP contribution in [0.5, 0.6) is 0 Å². The maximum Gasteiger partial charge on any atom is 0.332 e. The molecule has 0 aliphatic rings. The fourth-order valence-corrected chi connectivity index (χ4v) is 4.50. The smallest absolute Gasteiger partial charge is 0.332 e. The molecule has 30 heavy (non-hydrogen) atoms. The van der Waals surface area contributed by atoms with Crippen molar-refractivity contribution in [2.45, 2.75) is 30.8 Å². The Morgan fingerprint density at radius 3 is 2.70 bits per heavy atom. The first kappa shape index (κ1) is 20.7. The molecule has 0 aliphatic carbocycles. The minimum absolute atomic E-state index is 0.363. The van der Waals surface area contributed by atoms with Crippen LogP contribution in [0.1, 0.15) is 24.1 Å². The van der Waals surface area contributed by atoms with Crippen LogP contribution < -0.4 is 11.2 Å². The Labute approximate surface area is 184 Å². The third kappa shape index (κ3) is 3.77. The number of imidazole rings is 1. The molecule has 8 nitrogen and oxygen atoms in total. The Kier molecular flexibility index (Phi) is 5.70. The van der Waals surface area contributed by atoms with Crippen molar-refractivity contribution < 1.29 is 4.42 Å². The highest BCUT2D eigenvalue weighted by Crippen LogP contribution is 2.26. The number of aryl methyl sites for hydroxylation is 2. The second-order valence-corrected chi connectivity index (χ2v) is 8.71. The van der Waals surface area contributed by atoms with Crippen LogP contribution >= 0.6 is 27.7 Å². The first-order chi connectivity index (χ1) is 14.4. The van der Waals surface area contributed by atoms with Gasteiger partial charge in [-0.1, -0.05) is 46.7 Å². The lowest BCUT2D eigenvalue weighted by atomic mass is 10.2. The fourth-order valence-electron chi connectivity index (χ4n) is 3.21. The van der Waals surface area contributed by atoms with Crippen molar-refractivity contribution in [1.29, 1.82) is 0 Å². The van der Waals surface area contributed by atoms with E-state index in [0.29, 0.717) is 34.5 Å². The number of benzene rings is 1. The lowest BCUT2D eigenvalue weighted by molar-refractivity contribution is 0.476. The van der Waals surface area contributed by atoms with Crippen molar-refractivity contribution in [2.75, 3.05) is 0 Å². The predicted octanol–water partition coefficient (Wildman–Crippen LogP) is 3.09. The molecule has 0 aliphatic heterocycles. The average molecular weight is 490 g/mol. The summed E-state index contributed by atoms with van der Waals surface area (Å²) in [5, 5.41) is 0.625. The molecular formula is C20H20BrN5O3S. The van der Waals surface area contributed by atoms with Gasteiger partial charge in [-0.3, -0.25) is 13.9 Å². The van der Waals surface area contributed by atoms with E-state index in [0.717, 1.165) is 26.8 Å². The van der Waals surface area contributed by atoms with Gasteiger partial charge in [-0.25, -0.2) is 14.8 Å². The van der Waals surface area contributed by atoms with Gasteiger partial charge in [0, 0.05) is 25.0 Å². The third-order valence-electron chi connectivity index (χ3n) is 4.82. The normalized spacial score (nSPS) is 11.5. The number of fused-ring (bicyclic) bond motifs is 1. The zero-order valence-electron chi connectivity index (χ0n) is 16.8. The summed E-state index contributed by atoms with van der Waals surface area (Å²) in [6.45, 7) is 2.45. The molecule has 1 aromatic carbocycles. The molecule has 0 N–H and O–H groups in total. The summed E-state index contributed by atoms with van der Waals surface area (Å²) >= 11 is 4.91. The highest BCUT2D eigenvalue weighted by Gasteiger charge is 2.20. The second kappa shape index (κ2) is 8.27. The van der Waals surface area contributed by atoms with Crippen LogP contribution in [0, 0.1) is 0 Å². The van der Waals surface area contributed by atoms with Gasteiger partial charge in [-0.2, -0.15) is 0 Å². The zero-order chi connectivity index (χ0) is 21.4. The van der Waals surface area contributed by atoms with Crippen LogP contribution in [0.4, 0.5) is 0 Å². The van der Waals surface area contributed by atoms with Crippen LogP contribution in [-0.2, 0) is 32.8 Å². The molecule has 0 radical (unpaired) electrons. The van der Waals surface area contributed by atoms with Crippen molar-refractivity contribution in [2.24, 2.45) is 14.1 Å². The van der Waals surface area contributed by atoms with E-state index in [4.69, 9.17) is 4.42 Å². The summed E-state index contributed by atoms with van der Waals surface area (Å²) in [7, 11) is 3.10. The lowest BCUT2D eigenvalue weighted by Crippen LogP contribution is -2.37. The molecule has 0 atom stereocenters. The highest BCUT2D eigenvalue weighted by atomic mass is 79.9. The first-order valence-electron chi connectivity index (χ1n) is 9.36. The van der Waals surface area contributed by atoms with Crippen molar-refractivity contribution >= 4 is 38.9 Å². The number of oxazole rings is 1. The van der Waals surface area contributed by atoms with E-state index in [1.165, 1.54) is 23.4 Å². The van der Waals surface area contributed by atoms with Gasteiger partial charge >= 0.3 is 5.69 Å². The summed E-state index contributed by atoms with van der Waals surface area (Å²) in [6, 6.07) is 7.87. The minimum Gasteiger partial charge on any atom is -0.445 e. The number of hydrogen-bond donors (Lipinski definition) is 0. The van der Waals surface area contributed by atoms with Gasteiger partial charge in [0.25, 0.3) is 5.56 Å². The largest absolute Gasteiger partial charge is 0.445 e. The van der Waals surface area contributed by atoms with Gasteiger partial charge in [0.2, 0.25) is 5.89 Å². The standard InChI is InChI=1S/C20H20BrN5O3S/c1-4-14-9-22-15(29-14)11-30-19-23-17-16(18(27)25(3)20(28)24(17)2)26(19)10-12-6-5-7-13(21)8-12/h5-9H,4,10-11H2,1-3H3. The van der Waals surface area contributed by atoms with E-state index < -0.39 is 5.69 Å². The maximum atomic E-state index is 12.9. The van der Waals surface area contributed by atoms with E-state index in [2.05, 4.69) is 25.9 Å². The number of nitrogens with zero attached hydrogens (tertiary/aromatic N) is 5. The molecule has 10 heteroatoms. The van der Waals surface area contributed by atoms with E-state index >= 15 is 0 Å². The van der Waals surface area contributed by atoms with E-state index in [9.17, 15) is 9.59 Å². The van der Waals surface area contributed by atoms with Crippen molar-refractivity contribution in [3.8, 4) is 0 Å². The van der Waals surface area contributed by atoms with Gasteiger partial charge in [0.05, 0.1) is 18.5 Å². The molecule has 3 heterocycles. The Morgan fingerprint density at radius 2 is 2.00 bits per heavy atom. The SMILES string of the molecule is CCc1cnc(CSc2nc3c(c(=O)n(C)c(=O)n3C)n2Cc2cccc(Br)c2)o1. The molecule has 3 aromatic heterocycles. The molecule has 0 bridgehead atoms. The fraction of sp³-hybridized carbons (Fsp3) is 0.300. The average Bonchev–Trinajstić information content (AvgIpc) is 3.34. The van der Waals surface area contributed by atoms with Crippen molar-refractivity contribution in [3.05, 3.63) is 73.0 Å². The quantitative estimate of drug-likeness (QED) is 0.386. The first-order valence-corrected chi connectivity index (χ1v) is 11.1. The monoisotopic (exact) mass is 489 g/mol. The lowest BCUT2D eigenvalue weighted by Gasteiger charge is -2.09. The second-order valence-electron chi connectivity index (χ2n) is 6.85. The molecule has 0 amide bonds. The van der Waals surface area contributed by atoms with E-state index in [-0.39, 0.29) is 5.56 Å². The van der Waals surface area contributed by atoms with Crippen LogP contribution in [0.3, 0.4) is 0 Å². The summed E-state index contributed by atoms with van der Waals surface area (Å²) in [5.74, 6) is 1.89. The van der Waals surface area contributed by atoms with Crippen LogP contribution in [0.15, 0.2) is 54.1 Å². The number of thioether (sulfide) groups is 1. The molecule has 0 spiro atoms. The minimum atomic E-state index is -0.406. The predicted molar refractivity (Wildman–Crippen MR) is 119 cm³/mol. The van der Waals surface area contributed by atoms with E-state index in [1.54, 1.807) is 13.2 Å². The molecule has 4 rings (SSSR count). The molecule has 156 valence electrons. The highest BCUT2D eigenvalue weighted by molar-refractivity contribution is 9.10. The van der Waals surface area contributed by atoms with Crippen LogP contribution in [-0.4, -0.2) is 23.7 Å². The molecule has 0 unspecified atom stereocenters. The third-order valence-corrected chi connectivity index (χ3v) is 6.27. The molecule has 0 saturated carbocycles. The summed E-state index contributed by atoms with van der Waals surface area (Å²) in [5.41, 5.74) is 0.986. The summed E-state index contributed by atoms with van der Waals surface area (Å²) < 4.78 is 11.0. The maximum absolute atomic E-state index is 12.9. The van der Waals surface area contributed by atoms with Gasteiger partial charge in [-0.15, -0.1) is 0 Å². The van der Waals surface area contributed by atoms with E-state index in [1.807, 2.05) is 35.8 Å². The molecule has 0 fully saturated rings. The number of aromatic nitrogens is 5. The Balaban J connectivity index is 1.83. The molecular weight excluding hydrogens is 470 g/mol. The Bertz CT molecular complexity index is 1350. The summed E-state index contributed by atoms with van der Waals surface area (Å²) in [4.78, 5) is 34.3. The summed E-state index contributed by atoms with van der Waals surface area (Å²) in [6.07, 6.45) is 2.50. The molecule has 4 aromatic rings. The topological polar surface area (TPSA) is 87.9 Å². The number of hydrogen-bond acceptors (Lipinski definition) is 6. The van der Waals surface area contributed by atoms with Gasteiger partial charge in [0.15, 0.2) is 16.3 Å². The van der Waals surface area contributed by atoms with Crippen LogP contribution in [0.2, 0.25) is 0 Å².